The van der Waals surface area contributed by atoms with Crippen molar-refractivity contribution in [3.63, 3.8) is 0 Å². The summed E-state index contributed by atoms with van der Waals surface area (Å²) in [6, 6.07) is -2.71. The Kier molecular flexibility index (Phi) is 18.9. The molecule has 1 aromatic heterocycles. The summed E-state index contributed by atoms with van der Waals surface area (Å²) in [6.07, 6.45) is 4.28. The van der Waals surface area contributed by atoms with E-state index in [-0.39, 0.29) is 44.5 Å². The maximum Gasteiger partial charge on any atom is 0.326 e. The van der Waals surface area contributed by atoms with E-state index in [1.165, 1.54) is 36.5 Å². The zero-order valence-electron chi connectivity index (χ0n) is 34.1. The normalized spacial score (nSPS) is 17.1. The Hall–Kier alpha value is -6.09. The molecule has 0 aliphatic carbocycles. The number of nitrogens with two attached hydrogens (primary N) is 3. The van der Waals surface area contributed by atoms with Crippen molar-refractivity contribution in [1.82, 2.24) is 41.5 Å². The number of benzene rings is 1. The van der Waals surface area contributed by atoms with Gasteiger partial charge in [-0.3, -0.25) is 33.6 Å². The van der Waals surface area contributed by atoms with Crippen LogP contribution < -0.4 is 43.8 Å². The fourth-order valence-corrected chi connectivity index (χ4v) is 6.63. The molecule has 14 N–H and O–H groups in total. The van der Waals surface area contributed by atoms with Crippen molar-refractivity contribution in [3.05, 3.63) is 48.0 Å². The monoisotopic (exact) mass is 841 g/mol. The molecule has 1 saturated heterocycles. The Balaban J connectivity index is 1.76. The number of aromatic nitrogens is 2. The summed E-state index contributed by atoms with van der Waals surface area (Å²) in [5.41, 5.74) is 18.4. The van der Waals surface area contributed by atoms with Crippen molar-refractivity contribution in [3.8, 4) is 5.75 Å². The van der Waals surface area contributed by atoms with Crippen LogP contribution in [-0.2, 0) is 51.2 Å². The van der Waals surface area contributed by atoms with Crippen LogP contribution in [0.2, 0.25) is 0 Å². The van der Waals surface area contributed by atoms with Crippen LogP contribution in [-0.4, -0.2) is 128 Å². The van der Waals surface area contributed by atoms with Gasteiger partial charge in [-0.15, -0.1) is 0 Å². The average Bonchev–Trinajstić information content (AvgIpc) is 3.92. The van der Waals surface area contributed by atoms with E-state index in [4.69, 9.17) is 17.2 Å². The minimum absolute atomic E-state index is 0.0122. The molecule has 0 bridgehead atoms. The Labute approximate surface area is 347 Å². The molecule has 8 atom stereocenters. The molecule has 330 valence electrons. The standard InChI is InChI=1S/C39H59N11O10/c1-4-21(2)32(39(59)60)49-37(57)30-9-7-15-50(30)38(58)29(18-31(42)52)48-35(55)27(8-5-6-14-40)46-33(53)22(3)45-36(56)28(16-23-10-12-25(51)13-11-23)47-34(54)26(41)17-24-19-43-20-44-24/h10-13,19-22,26-30,32,51H,4-9,14-18,40-41H2,1-3H3,(H2,42,52)(H,43,44)(H,45,56)(H,46,53)(H,47,54)(H,48,55)(H,49,57)(H,59,60)/t21-,22-,26-,27-,28-,29-,30-,32-/m0/s1. The summed E-state index contributed by atoms with van der Waals surface area (Å²) in [6.45, 7) is 5.17. The molecule has 7 amide bonds. The number of H-pyrrole nitrogens is 1. The van der Waals surface area contributed by atoms with Gasteiger partial charge in [0.1, 0.15) is 42.0 Å². The number of carbonyl (C=O) groups excluding carboxylic acids is 7. The molecule has 1 fully saturated rings. The van der Waals surface area contributed by atoms with Crippen LogP contribution in [0.3, 0.4) is 0 Å². The highest BCUT2D eigenvalue weighted by Crippen LogP contribution is 2.21. The largest absolute Gasteiger partial charge is 0.508 e. The van der Waals surface area contributed by atoms with Gasteiger partial charge < -0.3 is 63.9 Å². The molecule has 2 aromatic rings. The first-order chi connectivity index (χ1) is 28.4. The fourth-order valence-electron chi connectivity index (χ4n) is 6.63. The van der Waals surface area contributed by atoms with Crippen LogP contribution >= 0.6 is 0 Å². The van der Waals surface area contributed by atoms with Gasteiger partial charge >= 0.3 is 5.97 Å². The van der Waals surface area contributed by atoms with Crippen LogP contribution in [0.25, 0.3) is 0 Å². The average molecular weight is 842 g/mol. The van der Waals surface area contributed by atoms with Gasteiger partial charge in [0.05, 0.1) is 18.8 Å². The molecule has 2 heterocycles. The molecule has 21 nitrogen and oxygen atoms in total. The quantitative estimate of drug-likeness (QED) is 0.0501. The van der Waals surface area contributed by atoms with Gasteiger partial charge in [-0.05, 0) is 69.2 Å². The van der Waals surface area contributed by atoms with E-state index >= 15 is 0 Å². The summed E-state index contributed by atoms with van der Waals surface area (Å²) in [7, 11) is 0. The number of aromatic amines is 1. The highest BCUT2D eigenvalue weighted by Gasteiger charge is 2.40. The maximum absolute atomic E-state index is 13.9. The molecular formula is C39H59N11O10. The molecule has 0 spiro atoms. The van der Waals surface area contributed by atoms with Gasteiger partial charge in [-0.2, -0.15) is 0 Å². The molecule has 0 radical (unpaired) electrons. The van der Waals surface area contributed by atoms with Crippen LogP contribution in [0.5, 0.6) is 5.75 Å². The number of phenolic OH excluding ortho intramolecular Hbond substituents is 1. The van der Waals surface area contributed by atoms with E-state index in [0.29, 0.717) is 36.9 Å². The SMILES string of the molecule is CC[C@H](C)[C@H](NC(=O)[C@@H]1CCCN1C(=O)[C@H](CC(N)=O)NC(=O)[C@H](CCCCN)NC(=O)[C@H](C)NC(=O)[C@H](Cc1ccc(O)cc1)NC(=O)[C@@H](N)Cc1cnc[nH]1)C(=O)O. The second kappa shape index (κ2) is 23.5. The van der Waals surface area contributed by atoms with Crippen molar-refractivity contribution in [2.75, 3.05) is 13.1 Å². The van der Waals surface area contributed by atoms with Gasteiger partial charge in [0.25, 0.3) is 0 Å². The third-order valence-electron chi connectivity index (χ3n) is 10.3. The number of rotatable bonds is 24. The summed E-state index contributed by atoms with van der Waals surface area (Å²) in [5.74, 6) is -7.15. The van der Waals surface area contributed by atoms with Crippen molar-refractivity contribution in [1.29, 1.82) is 0 Å². The van der Waals surface area contributed by atoms with Crippen molar-refractivity contribution < 1.29 is 48.6 Å². The number of unbranched alkanes of at least 4 members (excludes halogenated alkanes) is 1. The number of aliphatic carboxylic acids is 1. The number of aromatic hydroxyl groups is 1. The lowest BCUT2D eigenvalue weighted by atomic mass is 9.98. The third-order valence-corrected chi connectivity index (χ3v) is 10.3. The maximum atomic E-state index is 13.9. The number of nitrogens with zero attached hydrogens (tertiary/aromatic N) is 2. The van der Waals surface area contributed by atoms with Gasteiger partial charge in [0, 0.05) is 31.3 Å². The predicted octanol–water partition coefficient (Wildman–Crippen LogP) is -2.20. The minimum Gasteiger partial charge on any atom is -0.508 e. The van der Waals surface area contributed by atoms with E-state index in [2.05, 4.69) is 36.6 Å². The predicted molar refractivity (Wildman–Crippen MR) is 216 cm³/mol. The van der Waals surface area contributed by atoms with Crippen LogP contribution in [0.15, 0.2) is 36.8 Å². The third kappa shape index (κ3) is 14.6. The minimum atomic E-state index is -1.54. The molecule has 3 rings (SSSR count). The van der Waals surface area contributed by atoms with Gasteiger partial charge in [0.2, 0.25) is 41.4 Å². The smallest absolute Gasteiger partial charge is 0.326 e. The number of primary amides is 1. The molecule has 1 aliphatic heterocycles. The molecule has 1 aliphatic rings. The van der Waals surface area contributed by atoms with Crippen LogP contribution in [0.4, 0.5) is 0 Å². The summed E-state index contributed by atoms with van der Waals surface area (Å²) in [4.78, 5) is 113. The number of carbonyl (C=O) groups is 8. The Morgan fingerprint density at radius 1 is 0.883 bits per heavy atom. The molecule has 0 saturated carbocycles. The lowest BCUT2D eigenvalue weighted by Gasteiger charge is -2.30. The molecule has 1 aromatic carbocycles. The van der Waals surface area contributed by atoms with E-state index < -0.39 is 102 Å². The highest BCUT2D eigenvalue weighted by atomic mass is 16.4. The second-order valence-corrected chi connectivity index (χ2v) is 15.0. The summed E-state index contributed by atoms with van der Waals surface area (Å²) in [5, 5.41) is 32.2. The summed E-state index contributed by atoms with van der Waals surface area (Å²) >= 11 is 0. The number of nitrogens with one attached hydrogen (secondary N) is 6. The molecule has 60 heavy (non-hydrogen) atoms. The Morgan fingerprint density at radius 2 is 1.53 bits per heavy atom. The van der Waals surface area contributed by atoms with Crippen LogP contribution in [0, 0.1) is 5.92 Å². The fraction of sp³-hybridized carbons (Fsp3) is 0.564. The van der Waals surface area contributed by atoms with E-state index in [1.54, 1.807) is 26.0 Å². The number of amides is 7. The van der Waals surface area contributed by atoms with Gasteiger partial charge in [-0.25, -0.2) is 9.78 Å². The number of phenols is 1. The van der Waals surface area contributed by atoms with E-state index in [9.17, 15) is 48.6 Å². The van der Waals surface area contributed by atoms with Crippen LogP contribution in [0.1, 0.15) is 77.0 Å². The first-order valence-electron chi connectivity index (χ1n) is 20.0. The zero-order valence-corrected chi connectivity index (χ0v) is 34.1. The number of hydrogen-bond acceptors (Lipinski definition) is 12. The van der Waals surface area contributed by atoms with Crippen molar-refractivity contribution >= 4 is 47.3 Å². The van der Waals surface area contributed by atoms with Gasteiger partial charge in [0.15, 0.2) is 0 Å². The molecular weight excluding hydrogens is 782 g/mol. The molecule has 0 unspecified atom stereocenters. The lowest BCUT2D eigenvalue weighted by Crippen LogP contribution is -2.60. The summed E-state index contributed by atoms with van der Waals surface area (Å²) < 4.78 is 0. The number of imidazole rings is 1. The highest BCUT2D eigenvalue weighted by molar-refractivity contribution is 5.98. The Bertz CT molecular complexity index is 1790. The number of hydrogen-bond donors (Lipinski definition) is 11. The molecule has 21 heteroatoms. The van der Waals surface area contributed by atoms with Crippen molar-refractivity contribution in [2.24, 2.45) is 23.1 Å². The first-order valence-corrected chi connectivity index (χ1v) is 20.0. The Morgan fingerprint density at radius 3 is 2.13 bits per heavy atom. The topological polar surface area (TPSA) is 347 Å². The number of likely N-dealkylation sites (tertiary alicyclic amines) is 1. The van der Waals surface area contributed by atoms with E-state index in [1.807, 2.05) is 0 Å². The lowest BCUT2D eigenvalue weighted by molar-refractivity contribution is -0.146. The van der Waals surface area contributed by atoms with E-state index in [0.717, 1.165) is 0 Å². The number of carboxylic acid groups (broad SMARTS) is 1. The van der Waals surface area contributed by atoms with Crippen molar-refractivity contribution in [2.45, 2.75) is 121 Å². The number of carboxylic acids is 1. The van der Waals surface area contributed by atoms with Gasteiger partial charge in [-0.1, -0.05) is 32.4 Å². The second-order valence-electron chi connectivity index (χ2n) is 15.0. The first kappa shape index (κ1) is 48.3. The zero-order chi connectivity index (χ0) is 44.5.